The fourth-order valence-corrected chi connectivity index (χ4v) is 3.42. The molecule has 0 aliphatic carbocycles. The molecule has 29 heavy (non-hydrogen) atoms. The maximum atomic E-state index is 13.2. The van der Waals surface area contributed by atoms with Crippen LogP contribution in [-0.4, -0.2) is 45.7 Å². The van der Waals surface area contributed by atoms with Gasteiger partial charge in [-0.05, 0) is 48.7 Å². The van der Waals surface area contributed by atoms with Gasteiger partial charge in [0.15, 0.2) is 11.5 Å². The van der Waals surface area contributed by atoms with E-state index in [1.165, 1.54) is 17.7 Å². The summed E-state index contributed by atoms with van der Waals surface area (Å²) in [6.45, 7) is 2.74. The van der Waals surface area contributed by atoms with Crippen LogP contribution in [0.2, 0.25) is 0 Å². The van der Waals surface area contributed by atoms with Crippen LogP contribution in [0, 0.1) is 11.7 Å². The van der Waals surface area contributed by atoms with Crippen molar-refractivity contribution >= 4 is 10.1 Å². The maximum Gasteiger partial charge on any atom is 0.231 e. The van der Waals surface area contributed by atoms with Crippen molar-refractivity contribution in [2.24, 2.45) is 5.92 Å². The van der Waals surface area contributed by atoms with E-state index >= 15 is 0 Å². The standard InChI is InChI=1S/C19H20FNO3.CH4O3S/c20-15-3-1-13(2-4-15)17-7-8-21-10-14(17)11-22-16-5-6-18-19(9-16)24-12-23-18;1-5(2,3)4/h1-6,9,14,17,21H,7-8,10-12H2;1H3,(H,2,3,4)/p-1/t14-,17-;/m0./s1. The lowest BCUT2D eigenvalue weighted by Gasteiger charge is -2.32. The Kier molecular flexibility index (Phi) is 6.94. The number of halogens is 1. The first kappa shape index (κ1) is 21.4. The van der Waals surface area contributed by atoms with Crippen molar-refractivity contribution in [2.75, 3.05) is 32.7 Å². The van der Waals surface area contributed by atoms with Crippen molar-refractivity contribution in [3.05, 3.63) is 53.8 Å². The van der Waals surface area contributed by atoms with Crippen LogP contribution in [-0.2, 0) is 10.1 Å². The molecule has 1 saturated heterocycles. The van der Waals surface area contributed by atoms with Gasteiger partial charge in [-0.15, -0.1) is 0 Å². The second-order valence-electron chi connectivity index (χ2n) is 6.94. The minimum atomic E-state index is -3.92. The number of nitrogens with one attached hydrogen (secondary N) is 1. The molecule has 7 nitrogen and oxygen atoms in total. The number of fused-ring (bicyclic) bond motifs is 1. The van der Waals surface area contributed by atoms with Crippen molar-refractivity contribution < 1.29 is 31.6 Å². The summed E-state index contributed by atoms with van der Waals surface area (Å²) < 4.78 is 57.1. The second kappa shape index (κ2) is 9.43. The first-order valence-corrected chi connectivity index (χ1v) is 11.0. The summed E-state index contributed by atoms with van der Waals surface area (Å²) in [7, 11) is -3.92. The Morgan fingerprint density at radius 1 is 1.17 bits per heavy atom. The molecule has 1 N–H and O–H groups in total. The zero-order valence-electron chi connectivity index (χ0n) is 16.0. The highest BCUT2D eigenvalue weighted by atomic mass is 32.2. The summed E-state index contributed by atoms with van der Waals surface area (Å²) >= 11 is 0. The average molecular weight is 424 g/mol. The zero-order valence-corrected chi connectivity index (χ0v) is 16.8. The van der Waals surface area contributed by atoms with Gasteiger partial charge in [0.25, 0.3) is 0 Å². The molecule has 2 aromatic rings. The van der Waals surface area contributed by atoms with Crippen LogP contribution in [0.4, 0.5) is 4.39 Å². The van der Waals surface area contributed by atoms with E-state index in [1.54, 1.807) is 0 Å². The lowest BCUT2D eigenvalue weighted by molar-refractivity contribution is 0.173. The molecule has 0 spiro atoms. The number of hydrogen-bond donors (Lipinski definition) is 1. The summed E-state index contributed by atoms with van der Waals surface area (Å²) in [4.78, 5) is 0. The van der Waals surface area contributed by atoms with Crippen LogP contribution in [0.3, 0.4) is 0 Å². The first-order chi connectivity index (χ1) is 13.8. The van der Waals surface area contributed by atoms with Crippen LogP contribution in [0.25, 0.3) is 0 Å². The summed E-state index contributed by atoms with van der Waals surface area (Å²) in [6, 6.07) is 12.5. The Balaban J connectivity index is 0.000000431. The minimum Gasteiger partial charge on any atom is -0.748 e. The number of rotatable bonds is 4. The molecule has 2 aromatic carbocycles. The van der Waals surface area contributed by atoms with Gasteiger partial charge in [-0.3, -0.25) is 0 Å². The molecule has 0 radical (unpaired) electrons. The Labute approximate surface area is 169 Å². The van der Waals surface area contributed by atoms with Gasteiger partial charge in [0, 0.05) is 24.8 Å². The first-order valence-electron chi connectivity index (χ1n) is 9.19. The summed E-state index contributed by atoms with van der Waals surface area (Å²) in [5.74, 6) is 2.79. The second-order valence-corrected chi connectivity index (χ2v) is 8.35. The van der Waals surface area contributed by atoms with Crippen molar-refractivity contribution in [3.63, 3.8) is 0 Å². The SMILES string of the molecule is CS(=O)(=O)[O-].Fc1ccc([C@@H]2CCNC[C@H]2COc2ccc3c(c2)OCO3)cc1. The molecule has 0 saturated carbocycles. The van der Waals surface area contributed by atoms with Gasteiger partial charge in [-0.2, -0.15) is 0 Å². The minimum absolute atomic E-state index is 0.194. The quantitative estimate of drug-likeness (QED) is 0.753. The predicted molar refractivity (Wildman–Crippen MR) is 104 cm³/mol. The van der Waals surface area contributed by atoms with E-state index in [-0.39, 0.29) is 12.6 Å². The molecule has 2 aliphatic heterocycles. The molecule has 1 fully saturated rings. The highest BCUT2D eigenvalue weighted by Gasteiger charge is 2.27. The topological polar surface area (TPSA) is 96.9 Å². The molecular formula is C20H23FNO6S-. The van der Waals surface area contributed by atoms with Crippen molar-refractivity contribution in [2.45, 2.75) is 12.3 Å². The highest BCUT2D eigenvalue weighted by Crippen LogP contribution is 2.36. The smallest absolute Gasteiger partial charge is 0.231 e. The van der Waals surface area contributed by atoms with E-state index in [0.29, 0.717) is 24.7 Å². The molecule has 4 rings (SSSR count). The Bertz CT molecular complexity index is 911. The van der Waals surface area contributed by atoms with Crippen molar-refractivity contribution in [1.29, 1.82) is 0 Å². The van der Waals surface area contributed by atoms with Gasteiger partial charge in [0.05, 0.1) is 16.7 Å². The summed E-state index contributed by atoms with van der Waals surface area (Å²) in [5, 5.41) is 3.43. The van der Waals surface area contributed by atoms with E-state index in [4.69, 9.17) is 27.2 Å². The van der Waals surface area contributed by atoms with Gasteiger partial charge in [0.1, 0.15) is 11.6 Å². The molecule has 0 bridgehead atoms. The van der Waals surface area contributed by atoms with Crippen LogP contribution in [0.1, 0.15) is 17.9 Å². The molecule has 158 valence electrons. The molecule has 0 aromatic heterocycles. The van der Waals surface area contributed by atoms with Crippen LogP contribution < -0.4 is 19.5 Å². The Morgan fingerprint density at radius 3 is 2.59 bits per heavy atom. The van der Waals surface area contributed by atoms with Crippen LogP contribution in [0.15, 0.2) is 42.5 Å². The lowest BCUT2D eigenvalue weighted by atomic mass is 9.81. The third-order valence-corrected chi connectivity index (χ3v) is 4.71. The maximum absolute atomic E-state index is 13.2. The fourth-order valence-electron chi connectivity index (χ4n) is 3.42. The summed E-state index contributed by atoms with van der Waals surface area (Å²) in [6.07, 6.45) is 1.63. The molecule has 2 heterocycles. The molecule has 2 aliphatic rings. The number of piperidine rings is 1. The number of hydrogen-bond acceptors (Lipinski definition) is 7. The predicted octanol–water partition coefficient (Wildman–Crippen LogP) is 2.49. The van der Waals surface area contributed by atoms with Gasteiger partial charge in [0.2, 0.25) is 6.79 Å². The largest absolute Gasteiger partial charge is 0.748 e. The molecule has 2 atom stereocenters. The third kappa shape index (κ3) is 6.59. The van der Waals surface area contributed by atoms with Crippen LogP contribution >= 0.6 is 0 Å². The number of ether oxygens (including phenoxy) is 3. The van der Waals surface area contributed by atoms with E-state index in [2.05, 4.69) is 5.32 Å². The Morgan fingerprint density at radius 2 is 1.86 bits per heavy atom. The van der Waals surface area contributed by atoms with Gasteiger partial charge in [-0.1, -0.05) is 12.1 Å². The number of benzene rings is 2. The molecule has 0 amide bonds. The van der Waals surface area contributed by atoms with Crippen molar-refractivity contribution in [3.8, 4) is 17.2 Å². The van der Waals surface area contributed by atoms with E-state index in [1.807, 2.05) is 30.3 Å². The third-order valence-electron chi connectivity index (χ3n) is 4.71. The molecular weight excluding hydrogens is 401 g/mol. The highest BCUT2D eigenvalue weighted by molar-refractivity contribution is 7.84. The molecule has 9 heteroatoms. The van der Waals surface area contributed by atoms with E-state index < -0.39 is 10.1 Å². The van der Waals surface area contributed by atoms with Gasteiger partial charge < -0.3 is 24.1 Å². The average Bonchev–Trinajstić information content (AvgIpc) is 3.14. The van der Waals surface area contributed by atoms with Crippen molar-refractivity contribution in [1.82, 2.24) is 5.32 Å². The zero-order chi connectivity index (χ0) is 20.9. The van der Waals surface area contributed by atoms with Gasteiger partial charge in [-0.25, -0.2) is 12.8 Å². The monoisotopic (exact) mass is 424 g/mol. The molecule has 0 unspecified atom stereocenters. The lowest BCUT2D eigenvalue weighted by Crippen LogP contribution is -2.38. The van der Waals surface area contributed by atoms with E-state index in [9.17, 15) is 4.39 Å². The van der Waals surface area contributed by atoms with E-state index in [0.717, 1.165) is 36.8 Å². The van der Waals surface area contributed by atoms with Gasteiger partial charge >= 0.3 is 0 Å². The fraction of sp³-hybridized carbons (Fsp3) is 0.400. The normalized spacial score (nSPS) is 20.5. The Hall–Kier alpha value is -2.36. The summed E-state index contributed by atoms with van der Waals surface area (Å²) in [5.41, 5.74) is 1.18. The van der Waals surface area contributed by atoms with Crippen LogP contribution in [0.5, 0.6) is 17.2 Å².